The van der Waals surface area contributed by atoms with Crippen molar-refractivity contribution in [1.29, 1.82) is 0 Å². The van der Waals surface area contributed by atoms with Crippen molar-refractivity contribution in [2.24, 2.45) is 17.8 Å². The quantitative estimate of drug-likeness (QED) is 0.806. The average molecular weight is 282 g/mol. The van der Waals surface area contributed by atoms with Crippen molar-refractivity contribution in [2.75, 3.05) is 0 Å². The highest BCUT2D eigenvalue weighted by Crippen LogP contribution is 2.63. The number of hydrogen-bond donors (Lipinski definition) is 1. The molecule has 0 saturated heterocycles. The van der Waals surface area contributed by atoms with Gasteiger partial charge in [0.05, 0.1) is 5.92 Å². The van der Waals surface area contributed by atoms with Gasteiger partial charge in [0.1, 0.15) is 0 Å². The first kappa shape index (κ1) is 12.8. The van der Waals surface area contributed by atoms with Gasteiger partial charge in [-0.1, -0.05) is 36.8 Å². The molecule has 3 aliphatic rings. The zero-order chi connectivity index (χ0) is 14.8. The Bertz CT molecular complexity index is 673. The highest BCUT2D eigenvalue weighted by Gasteiger charge is 2.67. The molecule has 2 bridgehead atoms. The lowest BCUT2D eigenvalue weighted by Crippen LogP contribution is -2.41. The molecule has 3 heteroatoms. The zero-order valence-corrected chi connectivity index (χ0v) is 12.0. The van der Waals surface area contributed by atoms with E-state index in [1.807, 2.05) is 30.3 Å². The van der Waals surface area contributed by atoms with Crippen molar-refractivity contribution in [3.63, 3.8) is 0 Å². The molecule has 1 aromatic carbocycles. The van der Waals surface area contributed by atoms with E-state index in [0.29, 0.717) is 5.57 Å². The topological polar surface area (TPSA) is 54.4 Å². The largest absolute Gasteiger partial charge is 0.504 e. The fraction of sp³-hybridized carbons (Fsp3) is 0.444. The van der Waals surface area contributed by atoms with E-state index < -0.39 is 11.3 Å². The number of aliphatic hydroxyl groups excluding tert-OH is 1. The summed E-state index contributed by atoms with van der Waals surface area (Å²) >= 11 is 0. The van der Waals surface area contributed by atoms with Crippen LogP contribution in [0.25, 0.3) is 0 Å². The van der Waals surface area contributed by atoms with Crippen LogP contribution in [0.4, 0.5) is 0 Å². The predicted molar refractivity (Wildman–Crippen MR) is 77.8 cm³/mol. The molecule has 0 radical (unpaired) electrons. The Kier molecular flexibility index (Phi) is 2.48. The lowest BCUT2D eigenvalue weighted by atomic mass is 9.67. The van der Waals surface area contributed by atoms with Crippen LogP contribution in [0.15, 0.2) is 41.7 Å². The van der Waals surface area contributed by atoms with Crippen LogP contribution in [0.3, 0.4) is 0 Å². The summed E-state index contributed by atoms with van der Waals surface area (Å²) in [6.07, 6.45) is 2.86. The summed E-state index contributed by atoms with van der Waals surface area (Å²) in [4.78, 5) is 25.4. The van der Waals surface area contributed by atoms with E-state index in [9.17, 15) is 14.7 Å². The Morgan fingerprint density at radius 3 is 2.62 bits per heavy atom. The van der Waals surface area contributed by atoms with Gasteiger partial charge in [-0.25, -0.2) is 0 Å². The zero-order valence-electron chi connectivity index (χ0n) is 12.0. The Balaban J connectivity index is 1.97. The molecule has 0 spiro atoms. The molecule has 0 heterocycles. The standard InChI is InChI=1S/C18H18O3/c1-10-13-12-8-5-9-18(12,11-6-3-2-4-7-11)14(16(13)20)17(21)15(10)19/h2-4,6-7,12-14,19H,5,8-9H2,1H3/t12-,13-,14+,18+/m0/s1. The molecular formula is C18H18O3. The molecular weight excluding hydrogens is 264 g/mol. The number of ketones is 2. The summed E-state index contributed by atoms with van der Waals surface area (Å²) in [7, 11) is 0. The van der Waals surface area contributed by atoms with Gasteiger partial charge in [-0.05, 0) is 36.8 Å². The highest BCUT2D eigenvalue weighted by molar-refractivity contribution is 6.17. The van der Waals surface area contributed by atoms with E-state index in [0.717, 1.165) is 24.8 Å². The number of aliphatic hydroxyl groups is 1. The number of carbonyl (C=O) groups excluding carboxylic acids is 2. The minimum atomic E-state index is -0.680. The molecule has 4 atom stereocenters. The fourth-order valence-corrected chi connectivity index (χ4v) is 5.14. The first-order valence-electron chi connectivity index (χ1n) is 7.62. The minimum absolute atomic E-state index is 0.0313. The molecule has 2 saturated carbocycles. The number of Topliss-reactive ketones (excluding diaryl/α,β-unsaturated/α-hetero) is 2. The number of fused-ring (bicyclic) bond motifs is 5. The lowest BCUT2D eigenvalue weighted by molar-refractivity contribution is -0.134. The van der Waals surface area contributed by atoms with Crippen molar-refractivity contribution in [3.05, 3.63) is 47.2 Å². The lowest BCUT2D eigenvalue weighted by Gasteiger charge is -2.34. The maximum absolute atomic E-state index is 12.8. The van der Waals surface area contributed by atoms with E-state index in [-0.39, 0.29) is 29.2 Å². The van der Waals surface area contributed by atoms with E-state index in [1.165, 1.54) is 0 Å². The molecule has 108 valence electrons. The molecule has 0 amide bonds. The van der Waals surface area contributed by atoms with Crippen LogP contribution in [-0.4, -0.2) is 16.7 Å². The molecule has 3 nitrogen and oxygen atoms in total. The van der Waals surface area contributed by atoms with Gasteiger partial charge < -0.3 is 5.11 Å². The molecule has 1 N–H and O–H groups in total. The Labute approximate surface area is 123 Å². The molecule has 0 unspecified atom stereocenters. The normalized spacial score (nSPS) is 38.0. The van der Waals surface area contributed by atoms with E-state index in [2.05, 4.69) is 0 Å². The SMILES string of the molecule is CC1=C(O)C(=O)[C@H]2C(=O)[C@@H]1[C@@H]1CCC[C@]21c1ccccc1. The van der Waals surface area contributed by atoms with Crippen molar-refractivity contribution in [1.82, 2.24) is 0 Å². The molecule has 2 fully saturated rings. The number of rotatable bonds is 1. The third-order valence-corrected chi connectivity index (χ3v) is 5.92. The molecule has 21 heavy (non-hydrogen) atoms. The van der Waals surface area contributed by atoms with Crippen molar-refractivity contribution in [2.45, 2.75) is 31.6 Å². The maximum atomic E-state index is 12.8. The van der Waals surface area contributed by atoms with Crippen molar-refractivity contribution < 1.29 is 14.7 Å². The van der Waals surface area contributed by atoms with Crippen LogP contribution in [0.2, 0.25) is 0 Å². The fourth-order valence-electron chi connectivity index (χ4n) is 5.14. The highest BCUT2D eigenvalue weighted by atomic mass is 16.3. The van der Waals surface area contributed by atoms with E-state index >= 15 is 0 Å². The van der Waals surface area contributed by atoms with Gasteiger partial charge in [0.15, 0.2) is 11.5 Å². The summed E-state index contributed by atoms with van der Waals surface area (Å²) < 4.78 is 0. The molecule has 1 aromatic rings. The molecule has 0 aliphatic heterocycles. The second-order valence-corrected chi connectivity index (χ2v) is 6.61. The van der Waals surface area contributed by atoms with Crippen LogP contribution in [-0.2, 0) is 15.0 Å². The van der Waals surface area contributed by atoms with E-state index in [1.54, 1.807) is 6.92 Å². The Morgan fingerprint density at radius 1 is 1.19 bits per heavy atom. The number of allylic oxidation sites excluding steroid dienone is 2. The van der Waals surface area contributed by atoms with Crippen molar-refractivity contribution in [3.8, 4) is 0 Å². The van der Waals surface area contributed by atoms with Gasteiger partial charge in [0.2, 0.25) is 5.78 Å². The second-order valence-electron chi connectivity index (χ2n) is 6.61. The number of hydrogen-bond acceptors (Lipinski definition) is 3. The molecule has 0 aromatic heterocycles. The minimum Gasteiger partial charge on any atom is -0.504 e. The molecule has 4 rings (SSSR count). The van der Waals surface area contributed by atoms with Gasteiger partial charge in [-0.15, -0.1) is 0 Å². The third-order valence-electron chi connectivity index (χ3n) is 5.92. The summed E-state index contributed by atoms with van der Waals surface area (Å²) in [5.41, 5.74) is 1.28. The monoisotopic (exact) mass is 282 g/mol. The number of benzene rings is 1. The van der Waals surface area contributed by atoms with Crippen LogP contribution in [0.5, 0.6) is 0 Å². The predicted octanol–water partition coefficient (Wildman–Crippen LogP) is 2.95. The van der Waals surface area contributed by atoms with Crippen LogP contribution < -0.4 is 0 Å². The number of carbonyl (C=O) groups is 2. The maximum Gasteiger partial charge on any atom is 0.208 e. The first-order valence-corrected chi connectivity index (χ1v) is 7.62. The van der Waals surface area contributed by atoms with Gasteiger partial charge >= 0.3 is 0 Å². The van der Waals surface area contributed by atoms with Crippen molar-refractivity contribution >= 4 is 11.6 Å². The van der Waals surface area contributed by atoms with Crippen LogP contribution in [0.1, 0.15) is 31.7 Å². The van der Waals surface area contributed by atoms with E-state index in [4.69, 9.17) is 0 Å². The van der Waals surface area contributed by atoms with Gasteiger partial charge in [-0.3, -0.25) is 9.59 Å². The molecule has 3 aliphatic carbocycles. The van der Waals surface area contributed by atoms with Crippen LogP contribution in [0, 0.1) is 17.8 Å². The van der Waals surface area contributed by atoms with Gasteiger partial charge in [0, 0.05) is 11.3 Å². The smallest absolute Gasteiger partial charge is 0.208 e. The van der Waals surface area contributed by atoms with Gasteiger partial charge in [0.25, 0.3) is 0 Å². The third kappa shape index (κ3) is 1.34. The summed E-state index contributed by atoms with van der Waals surface area (Å²) in [5.74, 6) is -1.28. The Morgan fingerprint density at radius 2 is 1.90 bits per heavy atom. The Hall–Kier alpha value is -1.90. The first-order chi connectivity index (χ1) is 10.1. The summed E-state index contributed by atoms with van der Waals surface area (Å²) in [5, 5.41) is 10.1. The summed E-state index contributed by atoms with van der Waals surface area (Å²) in [6.45, 7) is 1.74. The van der Waals surface area contributed by atoms with Gasteiger partial charge in [-0.2, -0.15) is 0 Å². The second kappa shape index (κ2) is 4.06. The summed E-state index contributed by atoms with van der Waals surface area (Å²) in [6, 6.07) is 9.96. The van der Waals surface area contributed by atoms with Crippen LogP contribution >= 0.6 is 0 Å². The average Bonchev–Trinajstić information content (AvgIpc) is 2.99.